The van der Waals surface area contributed by atoms with E-state index >= 15 is 0 Å². The van der Waals surface area contributed by atoms with Gasteiger partial charge in [0.15, 0.2) is 0 Å². The minimum Gasteiger partial charge on any atom is -0.247 e. The minimum atomic E-state index is -0.464. The van der Waals surface area contributed by atoms with Crippen molar-refractivity contribution in [1.29, 1.82) is 0 Å². The molecule has 0 N–H and O–H groups in total. The van der Waals surface area contributed by atoms with Crippen molar-refractivity contribution in [2.24, 2.45) is 0 Å². The van der Waals surface area contributed by atoms with Crippen LogP contribution in [0.2, 0.25) is 5.02 Å². The van der Waals surface area contributed by atoms with Crippen LogP contribution in [-0.4, -0.2) is 29.8 Å². The number of halogens is 2. The van der Waals surface area contributed by atoms with Crippen LogP contribution in [0.4, 0.5) is 4.39 Å². The molecule has 0 aliphatic carbocycles. The SMILES string of the molecule is Fc1ccc(-n2cc(Cn3cncn3)nn2)cc1Cl. The lowest BCUT2D eigenvalue weighted by Crippen LogP contribution is -2.00. The topological polar surface area (TPSA) is 61.4 Å². The van der Waals surface area contributed by atoms with Crippen molar-refractivity contribution in [1.82, 2.24) is 29.8 Å². The van der Waals surface area contributed by atoms with Crippen LogP contribution in [0, 0.1) is 5.82 Å². The van der Waals surface area contributed by atoms with Gasteiger partial charge in [0.25, 0.3) is 0 Å². The predicted molar refractivity (Wildman–Crippen MR) is 65.5 cm³/mol. The van der Waals surface area contributed by atoms with Crippen LogP contribution in [0.25, 0.3) is 5.69 Å². The molecule has 0 fully saturated rings. The van der Waals surface area contributed by atoms with Gasteiger partial charge < -0.3 is 0 Å². The smallest absolute Gasteiger partial charge is 0.141 e. The molecule has 6 nitrogen and oxygen atoms in total. The van der Waals surface area contributed by atoms with Crippen molar-refractivity contribution in [2.45, 2.75) is 6.54 Å². The Morgan fingerprint density at radius 1 is 1.32 bits per heavy atom. The van der Waals surface area contributed by atoms with Crippen LogP contribution >= 0.6 is 11.6 Å². The Kier molecular flexibility index (Phi) is 2.96. The molecule has 0 bridgehead atoms. The van der Waals surface area contributed by atoms with Crippen LogP contribution in [-0.2, 0) is 6.54 Å². The van der Waals surface area contributed by atoms with Crippen molar-refractivity contribution >= 4 is 11.6 Å². The Labute approximate surface area is 112 Å². The highest BCUT2D eigenvalue weighted by Crippen LogP contribution is 2.18. The van der Waals surface area contributed by atoms with Gasteiger partial charge in [0.1, 0.15) is 24.2 Å². The molecule has 0 saturated heterocycles. The monoisotopic (exact) mass is 278 g/mol. The fourth-order valence-electron chi connectivity index (χ4n) is 1.60. The molecule has 2 aromatic heterocycles. The molecule has 3 rings (SSSR count). The van der Waals surface area contributed by atoms with Crippen LogP contribution in [0.1, 0.15) is 5.69 Å². The Hall–Kier alpha value is -2.28. The predicted octanol–water partition coefficient (Wildman–Crippen LogP) is 1.70. The fourth-order valence-corrected chi connectivity index (χ4v) is 1.78. The zero-order chi connectivity index (χ0) is 13.2. The van der Waals surface area contributed by atoms with E-state index in [2.05, 4.69) is 20.4 Å². The molecule has 0 amide bonds. The summed E-state index contributed by atoms with van der Waals surface area (Å²) in [5, 5.41) is 12.0. The van der Waals surface area contributed by atoms with Gasteiger partial charge in [-0.15, -0.1) is 5.10 Å². The number of benzene rings is 1. The largest absolute Gasteiger partial charge is 0.247 e. The molecule has 0 saturated carbocycles. The Morgan fingerprint density at radius 2 is 2.21 bits per heavy atom. The van der Waals surface area contributed by atoms with Gasteiger partial charge in [0.2, 0.25) is 0 Å². The summed E-state index contributed by atoms with van der Waals surface area (Å²) in [4.78, 5) is 3.84. The van der Waals surface area contributed by atoms with Gasteiger partial charge >= 0.3 is 0 Å². The molecular formula is C11H8ClFN6. The lowest BCUT2D eigenvalue weighted by atomic mass is 10.3. The third-order valence-electron chi connectivity index (χ3n) is 2.50. The second-order valence-corrected chi connectivity index (χ2v) is 4.25. The second kappa shape index (κ2) is 4.77. The summed E-state index contributed by atoms with van der Waals surface area (Å²) in [7, 11) is 0. The van der Waals surface area contributed by atoms with E-state index in [-0.39, 0.29) is 5.02 Å². The van der Waals surface area contributed by atoms with Crippen molar-refractivity contribution in [2.75, 3.05) is 0 Å². The molecule has 0 aliphatic heterocycles. The van der Waals surface area contributed by atoms with E-state index in [0.717, 1.165) is 0 Å². The number of nitrogens with zero attached hydrogens (tertiary/aromatic N) is 6. The lowest BCUT2D eigenvalue weighted by Gasteiger charge is -2.00. The van der Waals surface area contributed by atoms with E-state index in [1.165, 1.54) is 23.1 Å². The highest BCUT2D eigenvalue weighted by atomic mass is 35.5. The normalized spacial score (nSPS) is 10.8. The van der Waals surface area contributed by atoms with E-state index in [0.29, 0.717) is 17.9 Å². The zero-order valence-electron chi connectivity index (χ0n) is 9.61. The van der Waals surface area contributed by atoms with Crippen LogP contribution < -0.4 is 0 Å². The first-order valence-electron chi connectivity index (χ1n) is 5.41. The first-order chi connectivity index (χ1) is 9.22. The standard InChI is InChI=1S/C11H8ClFN6/c12-10-3-9(1-2-11(10)13)19-5-8(16-17-19)4-18-7-14-6-15-18/h1-3,5-7H,4H2. The van der Waals surface area contributed by atoms with Crippen molar-refractivity contribution in [3.8, 4) is 5.69 Å². The molecule has 1 aromatic carbocycles. The van der Waals surface area contributed by atoms with Crippen molar-refractivity contribution in [3.63, 3.8) is 0 Å². The minimum absolute atomic E-state index is 0.0471. The van der Waals surface area contributed by atoms with Gasteiger partial charge in [-0.25, -0.2) is 18.7 Å². The van der Waals surface area contributed by atoms with Crippen LogP contribution in [0.3, 0.4) is 0 Å². The fraction of sp³-hybridized carbons (Fsp3) is 0.0909. The first-order valence-corrected chi connectivity index (χ1v) is 5.79. The Morgan fingerprint density at radius 3 is 2.95 bits per heavy atom. The molecule has 3 aromatic rings. The number of aromatic nitrogens is 6. The number of hydrogen-bond acceptors (Lipinski definition) is 4. The summed E-state index contributed by atoms with van der Waals surface area (Å²) in [6.45, 7) is 0.467. The van der Waals surface area contributed by atoms with Gasteiger partial charge in [0, 0.05) is 0 Å². The summed E-state index contributed by atoms with van der Waals surface area (Å²) in [5.74, 6) is -0.464. The van der Waals surface area contributed by atoms with Gasteiger partial charge in [-0.05, 0) is 18.2 Å². The van der Waals surface area contributed by atoms with Gasteiger partial charge in [-0.1, -0.05) is 16.8 Å². The van der Waals surface area contributed by atoms with Crippen LogP contribution in [0.5, 0.6) is 0 Å². The number of rotatable bonds is 3. The maximum Gasteiger partial charge on any atom is 0.141 e. The molecular weight excluding hydrogens is 271 g/mol. The summed E-state index contributed by atoms with van der Waals surface area (Å²) in [5.41, 5.74) is 1.36. The third-order valence-corrected chi connectivity index (χ3v) is 2.79. The van der Waals surface area contributed by atoms with Crippen molar-refractivity contribution < 1.29 is 4.39 Å². The molecule has 2 heterocycles. The quantitative estimate of drug-likeness (QED) is 0.731. The van der Waals surface area contributed by atoms with E-state index in [4.69, 9.17) is 11.6 Å². The average Bonchev–Trinajstić information content (AvgIpc) is 3.05. The lowest BCUT2D eigenvalue weighted by molar-refractivity contribution is 0.627. The summed E-state index contributed by atoms with van der Waals surface area (Å²) < 4.78 is 16.2. The van der Waals surface area contributed by atoms with Gasteiger partial charge in [0.05, 0.1) is 23.5 Å². The highest BCUT2D eigenvalue weighted by molar-refractivity contribution is 6.30. The van der Waals surface area contributed by atoms with Gasteiger partial charge in [-0.2, -0.15) is 5.10 Å². The van der Waals surface area contributed by atoms with E-state index < -0.39 is 5.82 Å². The molecule has 0 unspecified atom stereocenters. The van der Waals surface area contributed by atoms with E-state index in [1.807, 2.05) is 0 Å². The molecule has 96 valence electrons. The Balaban J connectivity index is 1.86. The van der Waals surface area contributed by atoms with Crippen molar-refractivity contribution in [3.05, 3.63) is 53.6 Å². The zero-order valence-corrected chi connectivity index (χ0v) is 10.4. The number of hydrogen-bond donors (Lipinski definition) is 0. The molecule has 19 heavy (non-hydrogen) atoms. The molecule has 0 atom stereocenters. The Bertz CT molecular complexity index is 693. The first kappa shape index (κ1) is 11.8. The molecule has 0 radical (unpaired) electrons. The highest BCUT2D eigenvalue weighted by Gasteiger charge is 2.06. The average molecular weight is 279 g/mol. The third kappa shape index (κ3) is 2.45. The molecule has 0 spiro atoms. The maximum absolute atomic E-state index is 13.1. The van der Waals surface area contributed by atoms with E-state index in [1.54, 1.807) is 23.3 Å². The maximum atomic E-state index is 13.1. The second-order valence-electron chi connectivity index (χ2n) is 3.85. The van der Waals surface area contributed by atoms with E-state index in [9.17, 15) is 4.39 Å². The van der Waals surface area contributed by atoms with Gasteiger partial charge in [-0.3, -0.25) is 0 Å². The van der Waals surface area contributed by atoms with Crippen LogP contribution in [0.15, 0.2) is 37.1 Å². The molecule has 8 heteroatoms. The summed E-state index contributed by atoms with van der Waals surface area (Å²) in [6.07, 6.45) is 4.77. The summed E-state index contributed by atoms with van der Waals surface area (Å²) in [6, 6.07) is 4.36. The summed E-state index contributed by atoms with van der Waals surface area (Å²) >= 11 is 5.73. The molecule has 0 aliphatic rings.